The minimum Gasteiger partial charge on any atom is -0.481 e. The highest BCUT2D eigenvalue weighted by Gasteiger charge is 2.35. The Hall–Kier alpha value is -1.01. The van der Waals surface area contributed by atoms with Crippen molar-refractivity contribution in [2.45, 2.75) is 13.8 Å². The van der Waals surface area contributed by atoms with Gasteiger partial charge in [-0.05, 0) is 0 Å². The molecule has 6 heteroatoms. The van der Waals surface area contributed by atoms with Crippen LogP contribution in [0.5, 0.6) is 5.88 Å². The van der Waals surface area contributed by atoms with Crippen LogP contribution in [-0.2, 0) is 16.4 Å². The van der Waals surface area contributed by atoms with E-state index < -0.39 is 0 Å². The predicted octanol–water partition coefficient (Wildman–Crippen LogP) is 0.197. The number of hydrogen-bond acceptors (Lipinski definition) is 4. The first kappa shape index (κ1) is 11.5. The van der Waals surface area contributed by atoms with Gasteiger partial charge in [0, 0.05) is 31.7 Å². The number of methoxy groups -OCH3 is 1. The van der Waals surface area contributed by atoms with Crippen LogP contribution < -0.4 is 10.3 Å². The molecule has 88 valence electrons. The van der Waals surface area contributed by atoms with Crippen molar-refractivity contribution in [3.8, 4) is 5.88 Å². The standard InChI is InChI=1S/C10H17BN2O3/c1-10(2)6-15-11(16-7-10)8-5-9(14-4)13(3)12-8/h5H,6-7H2,1-4H3. The minimum absolute atomic E-state index is 0.0787. The van der Waals surface area contributed by atoms with Crippen molar-refractivity contribution in [1.82, 2.24) is 9.78 Å². The lowest BCUT2D eigenvalue weighted by Crippen LogP contribution is -2.48. The van der Waals surface area contributed by atoms with Crippen molar-refractivity contribution in [3.63, 3.8) is 0 Å². The van der Waals surface area contributed by atoms with Crippen molar-refractivity contribution in [2.75, 3.05) is 20.3 Å². The summed E-state index contributed by atoms with van der Waals surface area (Å²) in [6.07, 6.45) is 0. The Kier molecular flexibility index (Phi) is 2.94. The SMILES string of the molecule is COc1cc(B2OCC(C)(C)CO2)nn1C. The molecular weight excluding hydrogens is 207 g/mol. The molecule has 0 spiro atoms. The van der Waals surface area contributed by atoms with Gasteiger partial charge in [0.2, 0.25) is 5.88 Å². The third-order valence-corrected chi connectivity index (χ3v) is 2.56. The first-order valence-electron chi connectivity index (χ1n) is 5.33. The molecule has 0 aromatic carbocycles. The van der Waals surface area contributed by atoms with Gasteiger partial charge in [0.05, 0.1) is 12.7 Å². The van der Waals surface area contributed by atoms with Gasteiger partial charge in [-0.25, -0.2) is 4.68 Å². The number of aryl methyl sites for hydroxylation is 1. The zero-order chi connectivity index (χ0) is 11.8. The monoisotopic (exact) mass is 224 g/mol. The van der Waals surface area contributed by atoms with Crippen molar-refractivity contribution in [1.29, 1.82) is 0 Å². The summed E-state index contributed by atoms with van der Waals surface area (Å²) in [6.45, 7) is 5.58. The molecule has 1 aliphatic rings. The van der Waals surface area contributed by atoms with Gasteiger partial charge >= 0.3 is 7.12 Å². The van der Waals surface area contributed by atoms with E-state index in [1.807, 2.05) is 13.1 Å². The third kappa shape index (κ3) is 2.22. The minimum atomic E-state index is -0.372. The topological polar surface area (TPSA) is 45.5 Å². The first-order valence-corrected chi connectivity index (χ1v) is 5.33. The average molecular weight is 224 g/mol. The van der Waals surface area contributed by atoms with Gasteiger partial charge in [0.1, 0.15) is 0 Å². The molecule has 5 nitrogen and oxygen atoms in total. The van der Waals surface area contributed by atoms with Crippen LogP contribution in [0.3, 0.4) is 0 Å². The van der Waals surface area contributed by atoms with Gasteiger partial charge in [-0.1, -0.05) is 13.8 Å². The molecule has 1 aromatic heterocycles. The molecule has 0 radical (unpaired) electrons. The number of rotatable bonds is 2. The second kappa shape index (κ2) is 4.10. The Balaban J connectivity index is 2.08. The molecule has 1 aromatic rings. The molecule has 1 saturated heterocycles. The zero-order valence-electron chi connectivity index (χ0n) is 10.2. The fourth-order valence-electron chi connectivity index (χ4n) is 1.64. The molecule has 0 N–H and O–H groups in total. The van der Waals surface area contributed by atoms with E-state index in [0.29, 0.717) is 19.1 Å². The van der Waals surface area contributed by atoms with E-state index in [-0.39, 0.29) is 12.5 Å². The maximum absolute atomic E-state index is 5.64. The molecule has 1 fully saturated rings. The van der Waals surface area contributed by atoms with Crippen molar-refractivity contribution < 1.29 is 14.0 Å². The molecule has 0 unspecified atom stereocenters. The summed E-state index contributed by atoms with van der Waals surface area (Å²) in [4.78, 5) is 0. The van der Waals surface area contributed by atoms with Gasteiger partial charge in [0.15, 0.2) is 0 Å². The van der Waals surface area contributed by atoms with E-state index in [1.54, 1.807) is 11.8 Å². The van der Waals surface area contributed by atoms with Crippen LogP contribution in [0.1, 0.15) is 13.8 Å². The van der Waals surface area contributed by atoms with E-state index >= 15 is 0 Å². The van der Waals surface area contributed by atoms with Crippen LogP contribution in [0.4, 0.5) is 0 Å². The van der Waals surface area contributed by atoms with Crippen LogP contribution in [0.25, 0.3) is 0 Å². The molecule has 16 heavy (non-hydrogen) atoms. The summed E-state index contributed by atoms with van der Waals surface area (Å²) in [6, 6.07) is 1.84. The largest absolute Gasteiger partial charge is 0.515 e. The fraction of sp³-hybridized carbons (Fsp3) is 0.700. The number of nitrogens with zero attached hydrogens (tertiary/aromatic N) is 2. The smallest absolute Gasteiger partial charge is 0.481 e. The van der Waals surface area contributed by atoms with Gasteiger partial charge in [-0.2, -0.15) is 5.10 Å². The van der Waals surface area contributed by atoms with Crippen LogP contribution in [0.2, 0.25) is 0 Å². The molecule has 0 atom stereocenters. The van der Waals surface area contributed by atoms with Crippen molar-refractivity contribution in [3.05, 3.63) is 6.07 Å². The Morgan fingerprint density at radius 2 is 2.06 bits per heavy atom. The van der Waals surface area contributed by atoms with Gasteiger partial charge in [-0.3, -0.25) is 0 Å². The van der Waals surface area contributed by atoms with E-state index in [0.717, 1.165) is 5.59 Å². The summed E-state index contributed by atoms with van der Waals surface area (Å²) in [5.74, 6) is 0.701. The van der Waals surface area contributed by atoms with E-state index in [2.05, 4.69) is 18.9 Å². The third-order valence-electron chi connectivity index (χ3n) is 2.56. The molecule has 2 heterocycles. The molecule has 0 saturated carbocycles. The Morgan fingerprint density at radius 1 is 1.44 bits per heavy atom. The van der Waals surface area contributed by atoms with Crippen LogP contribution >= 0.6 is 0 Å². The van der Waals surface area contributed by atoms with E-state index in [9.17, 15) is 0 Å². The summed E-state index contributed by atoms with van der Waals surface area (Å²) >= 11 is 0. The molecule has 1 aliphatic heterocycles. The van der Waals surface area contributed by atoms with E-state index in [1.165, 1.54) is 0 Å². The van der Waals surface area contributed by atoms with Gasteiger partial charge in [-0.15, -0.1) is 0 Å². The van der Waals surface area contributed by atoms with Gasteiger partial charge < -0.3 is 14.0 Å². The number of hydrogen-bond donors (Lipinski definition) is 0. The van der Waals surface area contributed by atoms with Crippen molar-refractivity contribution >= 4 is 12.7 Å². The van der Waals surface area contributed by atoms with Crippen LogP contribution in [0.15, 0.2) is 6.07 Å². The number of ether oxygens (including phenoxy) is 1. The highest BCUT2D eigenvalue weighted by Crippen LogP contribution is 2.21. The molecule has 2 rings (SSSR count). The number of aromatic nitrogens is 2. The van der Waals surface area contributed by atoms with E-state index in [4.69, 9.17) is 14.0 Å². The normalized spacial score (nSPS) is 19.9. The molecule has 0 aliphatic carbocycles. The zero-order valence-corrected chi connectivity index (χ0v) is 10.2. The average Bonchev–Trinajstić information content (AvgIpc) is 2.59. The van der Waals surface area contributed by atoms with Crippen LogP contribution in [0, 0.1) is 5.41 Å². The summed E-state index contributed by atoms with van der Waals surface area (Å²) in [5, 5.41) is 4.29. The maximum atomic E-state index is 5.64. The summed E-state index contributed by atoms with van der Waals surface area (Å²) < 4.78 is 18.1. The maximum Gasteiger partial charge on any atom is 0.515 e. The predicted molar refractivity (Wildman–Crippen MR) is 60.8 cm³/mol. The van der Waals surface area contributed by atoms with Gasteiger partial charge in [0.25, 0.3) is 0 Å². The van der Waals surface area contributed by atoms with Crippen LogP contribution in [-0.4, -0.2) is 37.2 Å². The Morgan fingerprint density at radius 3 is 2.56 bits per heavy atom. The molecule has 0 bridgehead atoms. The fourth-order valence-corrected chi connectivity index (χ4v) is 1.64. The second-order valence-electron chi connectivity index (χ2n) is 4.85. The highest BCUT2D eigenvalue weighted by atomic mass is 16.6. The quantitative estimate of drug-likeness (QED) is 0.673. The summed E-state index contributed by atoms with van der Waals surface area (Å²) in [5.41, 5.74) is 0.838. The lowest BCUT2D eigenvalue weighted by molar-refractivity contribution is 0.0339. The van der Waals surface area contributed by atoms with Crippen molar-refractivity contribution in [2.24, 2.45) is 12.5 Å². The highest BCUT2D eigenvalue weighted by molar-refractivity contribution is 6.60. The Labute approximate surface area is 95.8 Å². The molecular formula is C10H17BN2O3. The first-order chi connectivity index (χ1) is 7.52. The molecule has 0 amide bonds. The second-order valence-corrected chi connectivity index (χ2v) is 4.85. The lowest BCUT2D eigenvalue weighted by Gasteiger charge is -2.32. The summed E-state index contributed by atoms with van der Waals surface area (Å²) in [7, 11) is 3.07. The lowest BCUT2D eigenvalue weighted by atomic mass is 9.80. The Bertz CT molecular complexity index is 368.